The summed E-state index contributed by atoms with van der Waals surface area (Å²) in [6.07, 6.45) is 1.87. The topological polar surface area (TPSA) is 50.8 Å². The van der Waals surface area contributed by atoms with Crippen molar-refractivity contribution in [2.24, 2.45) is 0 Å². The fourth-order valence-electron chi connectivity index (χ4n) is 3.08. The highest BCUT2D eigenvalue weighted by atomic mass is 16.6. The van der Waals surface area contributed by atoms with Gasteiger partial charge in [-0.15, -0.1) is 0 Å². The minimum absolute atomic E-state index is 0.241. The van der Waals surface area contributed by atoms with Gasteiger partial charge in [-0.25, -0.2) is 4.79 Å². The lowest BCUT2D eigenvalue weighted by Crippen LogP contribution is -2.40. The van der Waals surface area contributed by atoms with E-state index < -0.39 is 5.60 Å². The molecule has 5 nitrogen and oxygen atoms in total. The van der Waals surface area contributed by atoms with Gasteiger partial charge in [0.15, 0.2) is 0 Å². The first-order chi connectivity index (χ1) is 10.9. The molecular weight excluding hydrogens is 292 g/mol. The van der Waals surface area contributed by atoms with E-state index in [9.17, 15) is 4.79 Å². The van der Waals surface area contributed by atoms with Crippen molar-refractivity contribution in [2.45, 2.75) is 51.9 Å². The largest absolute Gasteiger partial charge is 0.489 e. The van der Waals surface area contributed by atoms with E-state index in [4.69, 9.17) is 9.47 Å². The van der Waals surface area contributed by atoms with Gasteiger partial charge in [0, 0.05) is 25.2 Å². The molecule has 126 valence electrons. The van der Waals surface area contributed by atoms with Gasteiger partial charge in [0.05, 0.1) is 0 Å². The van der Waals surface area contributed by atoms with Gasteiger partial charge in [0.2, 0.25) is 0 Å². The Kier molecular flexibility index (Phi) is 4.48. The van der Waals surface area contributed by atoms with E-state index in [0.29, 0.717) is 13.1 Å². The van der Waals surface area contributed by atoms with Gasteiger partial charge in [0.25, 0.3) is 0 Å². The fraction of sp³-hybridized carbons (Fsp3) is 0.611. The Balaban J connectivity index is 1.70. The quantitative estimate of drug-likeness (QED) is 0.911. The molecule has 0 unspecified atom stereocenters. The average molecular weight is 318 g/mol. The summed E-state index contributed by atoms with van der Waals surface area (Å²) in [6, 6.07) is 6.13. The Morgan fingerprint density at radius 1 is 1.35 bits per heavy atom. The van der Waals surface area contributed by atoms with Crippen LogP contribution in [0.2, 0.25) is 0 Å². The van der Waals surface area contributed by atoms with E-state index in [-0.39, 0.29) is 12.2 Å². The zero-order valence-corrected chi connectivity index (χ0v) is 14.2. The van der Waals surface area contributed by atoms with Crippen LogP contribution in [0.15, 0.2) is 18.2 Å². The first-order valence-corrected chi connectivity index (χ1v) is 8.38. The summed E-state index contributed by atoms with van der Waals surface area (Å²) in [4.78, 5) is 14.0. The summed E-state index contributed by atoms with van der Waals surface area (Å²) in [5, 5.41) is 3.32. The Morgan fingerprint density at radius 2 is 2.17 bits per heavy atom. The molecule has 1 saturated heterocycles. The monoisotopic (exact) mass is 318 g/mol. The molecule has 2 heterocycles. The third-order valence-electron chi connectivity index (χ3n) is 4.18. The van der Waals surface area contributed by atoms with Gasteiger partial charge in [-0.3, -0.25) is 0 Å². The minimum atomic E-state index is -0.461. The summed E-state index contributed by atoms with van der Waals surface area (Å²) in [7, 11) is 0. The summed E-state index contributed by atoms with van der Waals surface area (Å²) in [6.45, 7) is 8.87. The molecule has 0 radical (unpaired) electrons. The molecule has 1 N–H and O–H groups in total. The standard InChI is InChI=1S/C18H26N2O3/c1-18(2,3)23-17(21)20-10-8-15-13(12-20)5-4-6-16(15)22-14-7-9-19-11-14/h4-6,14,19H,7-12H2,1-3H3/t14-/m0/s1. The van der Waals surface area contributed by atoms with Crippen molar-refractivity contribution >= 4 is 6.09 Å². The maximum absolute atomic E-state index is 12.3. The Hall–Kier alpha value is -1.75. The van der Waals surface area contributed by atoms with Gasteiger partial charge < -0.3 is 19.7 Å². The molecule has 2 aliphatic heterocycles. The molecule has 0 saturated carbocycles. The Morgan fingerprint density at radius 3 is 2.87 bits per heavy atom. The second-order valence-corrected chi connectivity index (χ2v) is 7.28. The van der Waals surface area contributed by atoms with Crippen LogP contribution in [0.25, 0.3) is 0 Å². The van der Waals surface area contributed by atoms with Crippen LogP contribution in [-0.2, 0) is 17.7 Å². The van der Waals surface area contributed by atoms with Crippen molar-refractivity contribution < 1.29 is 14.3 Å². The van der Waals surface area contributed by atoms with E-state index >= 15 is 0 Å². The summed E-state index contributed by atoms with van der Waals surface area (Å²) in [5.74, 6) is 0.972. The maximum Gasteiger partial charge on any atom is 0.410 e. The minimum Gasteiger partial charge on any atom is -0.489 e. The Bertz CT molecular complexity index is 574. The molecule has 1 amide bonds. The number of fused-ring (bicyclic) bond motifs is 1. The van der Waals surface area contributed by atoms with E-state index in [1.165, 1.54) is 5.56 Å². The summed E-state index contributed by atoms with van der Waals surface area (Å²) < 4.78 is 11.6. The van der Waals surface area contributed by atoms with E-state index in [2.05, 4.69) is 11.4 Å². The van der Waals surface area contributed by atoms with Crippen LogP contribution in [0.1, 0.15) is 38.3 Å². The van der Waals surface area contributed by atoms with Crippen LogP contribution in [-0.4, -0.2) is 42.3 Å². The molecule has 2 aliphatic rings. The van der Waals surface area contributed by atoms with Crippen molar-refractivity contribution in [2.75, 3.05) is 19.6 Å². The number of rotatable bonds is 2. The number of hydrogen-bond acceptors (Lipinski definition) is 4. The van der Waals surface area contributed by atoms with Crippen LogP contribution >= 0.6 is 0 Å². The van der Waals surface area contributed by atoms with Crippen LogP contribution in [0.4, 0.5) is 4.79 Å². The zero-order chi connectivity index (χ0) is 16.4. The van der Waals surface area contributed by atoms with Crippen LogP contribution in [0.5, 0.6) is 5.75 Å². The number of carbonyl (C=O) groups excluding carboxylic acids is 1. The lowest BCUT2D eigenvalue weighted by Gasteiger charge is -2.32. The number of hydrogen-bond donors (Lipinski definition) is 1. The predicted molar refractivity (Wildman–Crippen MR) is 88.7 cm³/mol. The predicted octanol–water partition coefficient (Wildman–Crippen LogP) is 2.72. The molecule has 1 fully saturated rings. The van der Waals surface area contributed by atoms with Crippen molar-refractivity contribution in [3.8, 4) is 5.75 Å². The maximum atomic E-state index is 12.3. The van der Waals surface area contributed by atoms with Crippen molar-refractivity contribution in [1.29, 1.82) is 0 Å². The molecule has 1 aromatic rings. The molecule has 5 heteroatoms. The van der Waals surface area contributed by atoms with Gasteiger partial charge in [-0.05, 0) is 51.8 Å². The molecule has 0 bridgehead atoms. The van der Waals surface area contributed by atoms with Crippen LogP contribution < -0.4 is 10.1 Å². The smallest absolute Gasteiger partial charge is 0.410 e. The number of carbonyl (C=O) groups is 1. The van der Waals surface area contributed by atoms with Crippen LogP contribution in [0.3, 0.4) is 0 Å². The Labute approximate surface area is 137 Å². The third kappa shape index (κ3) is 3.96. The fourth-order valence-corrected chi connectivity index (χ4v) is 3.08. The molecule has 3 rings (SSSR count). The lowest BCUT2D eigenvalue weighted by atomic mass is 9.99. The first kappa shape index (κ1) is 16.1. The highest BCUT2D eigenvalue weighted by Gasteiger charge is 2.27. The summed E-state index contributed by atoms with van der Waals surface area (Å²) >= 11 is 0. The molecule has 1 atom stereocenters. The molecule has 0 aromatic heterocycles. The first-order valence-electron chi connectivity index (χ1n) is 8.38. The highest BCUT2D eigenvalue weighted by molar-refractivity contribution is 5.69. The van der Waals surface area contributed by atoms with E-state index in [1.54, 1.807) is 4.90 Å². The van der Waals surface area contributed by atoms with Crippen LogP contribution in [0, 0.1) is 0 Å². The molecule has 23 heavy (non-hydrogen) atoms. The zero-order valence-electron chi connectivity index (χ0n) is 14.2. The number of ether oxygens (including phenoxy) is 2. The molecule has 0 spiro atoms. The normalized spacial score (nSPS) is 21.0. The lowest BCUT2D eigenvalue weighted by molar-refractivity contribution is 0.0222. The van der Waals surface area contributed by atoms with Gasteiger partial charge in [-0.1, -0.05) is 12.1 Å². The number of benzene rings is 1. The number of nitrogens with zero attached hydrogens (tertiary/aromatic N) is 1. The summed E-state index contributed by atoms with van der Waals surface area (Å²) in [5.41, 5.74) is 1.93. The molecule has 1 aromatic carbocycles. The van der Waals surface area contributed by atoms with Gasteiger partial charge in [0.1, 0.15) is 17.5 Å². The van der Waals surface area contributed by atoms with E-state index in [1.807, 2.05) is 32.9 Å². The van der Waals surface area contributed by atoms with Crippen molar-refractivity contribution in [1.82, 2.24) is 10.2 Å². The highest BCUT2D eigenvalue weighted by Crippen LogP contribution is 2.30. The van der Waals surface area contributed by atoms with Gasteiger partial charge >= 0.3 is 6.09 Å². The van der Waals surface area contributed by atoms with Gasteiger partial charge in [-0.2, -0.15) is 0 Å². The average Bonchev–Trinajstić information content (AvgIpc) is 2.98. The molecule has 0 aliphatic carbocycles. The number of nitrogens with one attached hydrogen (secondary N) is 1. The van der Waals surface area contributed by atoms with Crippen molar-refractivity contribution in [3.63, 3.8) is 0 Å². The molecular formula is C18H26N2O3. The second-order valence-electron chi connectivity index (χ2n) is 7.28. The second kappa shape index (κ2) is 6.40. The number of amides is 1. The van der Waals surface area contributed by atoms with E-state index in [0.717, 1.165) is 37.2 Å². The SMILES string of the molecule is CC(C)(C)OC(=O)N1CCc2c(cccc2O[C@H]2CCNC2)C1. The van der Waals surface area contributed by atoms with Crippen molar-refractivity contribution in [3.05, 3.63) is 29.3 Å². The third-order valence-corrected chi connectivity index (χ3v) is 4.18.